The van der Waals surface area contributed by atoms with Gasteiger partial charge in [-0.1, -0.05) is 23.7 Å². The number of benzene rings is 2. The zero-order valence-corrected chi connectivity index (χ0v) is 17.9. The molecule has 1 fully saturated rings. The number of aromatic nitrogens is 1. The molecule has 1 aliphatic rings. The first kappa shape index (κ1) is 21.9. The highest BCUT2D eigenvalue weighted by Crippen LogP contribution is 2.35. The Kier molecular flexibility index (Phi) is 6.48. The smallest absolute Gasteiger partial charge is 0.255 e. The van der Waals surface area contributed by atoms with E-state index < -0.39 is 11.9 Å². The fourth-order valence-corrected chi connectivity index (χ4v) is 3.63. The van der Waals surface area contributed by atoms with Gasteiger partial charge < -0.3 is 16.0 Å². The van der Waals surface area contributed by atoms with Gasteiger partial charge in [-0.3, -0.25) is 14.6 Å². The summed E-state index contributed by atoms with van der Waals surface area (Å²) in [7, 11) is 0. The van der Waals surface area contributed by atoms with Crippen molar-refractivity contribution in [3.05, 3.63) is 89.0 Å². The van der Waals surface area contributed by atoms with E-state index in [1.54, 1.807) is 54.9 Å². The predicted molar refractivity (Wildman–Crippen MR) is 122 cm³/mol. The molecule has 3 aromatic rings. The van der Waals surface area contributed by atoms with E-state index >= 15 is 0 Å². The minimum absolute atomic E-state index is 0.0150. The molecule has 0 bridgehead atoms. The van der Waals surface area contributed by atoms with E-state index in [0.717, 1.165) is 12.8 Å². The summed E-state index contributed by atoms with van der Waals surface area (Å²) < 4.78 is 14.4. The van der Waals surface area contributed by atoms with E-state index in [4.69, 9.17) is 17.3 Å². The summed E-state index contributed by atoms with van der Waals surface area (Å²) >= 11 is 5.85. The van der Waals surface area contributed by atoms with Crippen LogP contribution in [0, 0.1) is 5.82 Å². The minimum atomic E-state index is -0.587. The molecular weight excluding hydrogens is 431 g/mol. The van der Waals surface area contributed by atoms with Crippen LogP contribution in [0.15, 0.2) is 67.0 Å². The van der Waals surface area contributed by atoms with Crippen molar-refractivity contribution >= 4 is 34.8 Å². The fourth-order valence-electron chi connectivity index (χ4n) is 3.47. The second kappa shape index (κ2) is 9.46. The first-order valence-corrected chi connectivity index (χ1v) is 10.6. The van der Waals surface area contributed by atoms with Gasteiger partial charge in [0.1, 0.15) is 5.82 Å². The maximum Gasteiger partial charge on any atom is 0.255 e. The van der Waals surface area contributed by atoms with Crippen LogP contribution in [0.2, 0.25) is 5.02 Å². The molecule has 0 aliphatic heterocycles. The lowest BCUT2D eigenvalue weighted by atomic mass is 10.0. The van der Waals surface area contributed by atoms with Crippen LogP contribution in [0.1, 0.15) is 41.2 Å². The van der Waals surface area contributed by atoms with Crippen LogP contribution in [-0.2, 0) is 4.79 Å². The molecule has 1 aliphatic carbocycles. The molecule has 0 saturated heterocycles. The van der Waals surface area contributed by atoms with Crippen molar-refractivity contribution < 1.29 is 14.0 Å². The number of carbonyl (C=O) groups is 2. The molecule has 4 rings (SSSR count). The molecule has 2 amide bonds. The highest BCUT2D eigenvalue weighted by atomic mass is 35.5. The van der Waals surface area contributed by atoms with Crippen molar-refractivity contribution in [1.82, 2.24) is 4.98 Å². The van der Waals surface area contributed by atoms with Gasteiger partial charge in [0, 0.05) is 47.2 Å². The second-order valence-corrected chi connectivity index (χ2v) is 8.15. The summed E-state index contributed by atoms with van der Waals surface area (Å²) in [6, 6.07) is 13.9. The Morgan fingerprint density at radius 2 is 1.81 bits per heavy atom. The number of rotatable bonds is 7. The summed E-state index contributed by atoms with van der Waals surface area (Å²) in [6.45, 7) is 0. The number of halogens is 2. The fraction of sp³-hybridized carbons (Fsp3) is 0.208. The number of nitrogens with zero attached hydrogens (tertiary/aromatic N) is 2. The Balaban J connectivity index is 1.43. The number of hydrogen-bond acceptors (Lipinski definition) is 4. The number of amides is 2. The summed E-state index contributed by atoms with van der Waals surface area (Å²) in [4.78, 5) is 30.8. The quantitative estimate of drug-likeness (QED) is 0.543. The first-order valence-electron chi connectivity index (χ1n) is 10.3. The van der Waals surface area contributed by atoms with Crippen LogP contribution in [0.3, 0.4) is 0 Å². The zero-order valence-electron chi connectivity index (χ0n) is 17.2. The van der Waals surface area contributed by atoms with E-state index in [1.165, 1.54) is 17.0 Å². The predicted octanol–water partition coefficient (Wildman–Crippen LogP) is 4.71. The van der Waals surface area contributed by atoms with E-state index in [1.807, 2.05) is 0 Å². The van der Waals surface area contributed by atoms with Crippen LogP contribution >= 0.6 is 11.6 Å². The average molecular weight is 453 g/mol. The molecule has 0 radical (unpaired) electrons. The van der Waals surface area contributed by atoms with Crippen LogP contribution in [0.5, 0.6) is 0 Å². The van der Waals surface area contributed by atoms with Crippen molar-refractivity contribution in [2.45, 2.75) is 31.3 Å². The standard InChI is InChI=1S/C24H22ClFN4O2/c25-17-5-8-22(20(26)13-17)30(19-6-7-19)23(31)14-21(27)15-1-3-16(4-2-15)24(32)29-18-9-11-28-12-10-18/h1-5,8-13,19,21H,6-7,14,27H2,(H,28,29,32). The van der Waals surface area contributed by atoms with E-state index in [9.17, 15) is 14.0 Å². The molecule has 1 saturated carbocycles. The molecule has 3 N–H and O–H groups in total. The molecule has 1 atom stereocenters. The molecule has 1 aromatic heterocycles. The molecule has 32 heavy (non-hydrogen) atoms. The lowest BCUT2D eigenvalue weighted by Gasteiger charge is -2.25. The first-order chi connectivity index (χ1) is 15.4. The van der Waals surface area contributed by atoms with Crippen molar-refractivity contribution in [1.29, 1.82) is 0 Å². The van der Waals surface area contributed by atoms with Crippen LogP contribution in [0.25, 0.3) is 0 Å². The molecular formula is C24H22ClFN4O2. The van der Waals surface area contributed by atoms with E-state index in [2.05, 4.69) is 10.3 Å². The zero-order chi connectivity index (χ0) is 22.7. The van der Waals surface area contributed by atoms with Gasteiger partial charge in [0.2, 0.25) is 5.91 Å². The SMILES string of the molecule is NC(CC(=O)N(c1ccc(Cl)cc1F)C1CC1)c1ccc(C(=O)Nc2ccncc2)cc1. The van der Waals surface area contributed by atoms with Gasteiger partial charge in [0.05, 0.1) is 5.69 Å². The normalized spacial score (nSPS) is 14.0. The topological polar surface area (TPSA) is 88.3 Å². The number of anilines is 2. The number of carbonyl (C=O) groups excluding carboxylic acids is 2. The number of nitrogens with one attached hydrogen (secondary N) is 1. The monoisotopic (exact) mass is 452 g/mol. The number of pyridine rings is 1. The lowest BCUT2D eigenvalue weighted by molar-refractivity contribution is -0.119. The Morgan fingerprint density at radius 1 is 1.12 bits per heavy atom. The van der Waals surface area contributed by atoms with Crippen LogP contribution in [-0.4, -0.2) is 22.8 Å². The van der Waals surface area contributed by atoms with Gasteiger partial charge in [0.25, 0.3) is 5.91 Å². The van der Waals surface area contributed by atoms with Crippen LogP contribution in [0.4, 0.5) is 15.8 Å². The van der Waals surface area contributed by atoms with Gasteiger partial charge in [-0.25, -0.2) is 4.39 Å². The molecule has 0 spiro atoms. The summed E-state index contributed by atoms with van der Waals surface area (Å²) in [5.41, 5.74) is 8.32. The second-order valence-electron chi connectivity index (χ2n) is 7.71. The van der Waals surface area contributed by atoms with Crippen molar-refractivity contribution in [2.75, 3.05) is 10.2 Å². The van der Waals surface area contributed by atoms with E-state index in [0.29, 0.717) is 16.8 Å². The van der Waals surface area contributed by atoms with Crippen LogP contribution < -0.4 is 16.0 Å². The third-order valence-electron chi connectivity index (χ3n) is 5.28. The van der Waals surface area contributed by atoms with Gasteiger partial charge >= 0.3 is 0 Å². The molecule has 2 aromatic carbocycles. The minimum Gasteiger partial charge on any atom is -0.324 e. The van der Waals surface area contributed by atoms with E-state index in [-0.39, 0.29) is 35.0 Å². The summed E-state index contributed by atoms with van der Waals surface area (Å²) in [5.74, 6) is -1.04. The molecule has 164 valence electrons. The number of nitrogens with two attached hydrogens (primary N) is 1. The third kappa shape index (κ3) is 5.12. The molecule has 1 unspecified atom stereocenters. The van der Waals surface area contributed by atoms with Gasteiger partial charge in [-0.05, 0) is 60.9 Å². The summed E-state index contributed by atoms with van der Waals surface area (Å²) in [5, 5.41) is 3.06. The van der Waals surface area contributed by atoms with Crippen molar-refractivity contribution in [3.8, 4) is 0 Å². The highest BCUT2D eigenvalue weighted by molar-refractivity contribution is 6.30. The Morgan fingerprint density at radius 3 is 2.44 bits per heavy atom. The molecule has 8 heteroatoms. The molecule has 6 nitrogen and oxygen atoms in total. The highest BCUT2D eigenvalue weighted by Gasteiger charge is 2.35. The lowest BCUT2D eigenvalue weighted by Crippen LogP contribution is -2.35. The Bertz CT molecular complexity index is 1120. The third-order valence-corrected chi connectivity index (χ3v) is 5.52. The number of hydrogen-bond donors (Lipinski definition) is 2. The van der Waals surface area contributed by atoms with Crippen molar-refractivity contribution in [2.24, 2.45) is 5.73 Å². The maximum atomic E-state index is 14.4. The average Bonchev–Trinajstić information content (AvgIpc) is 3.61. The largest absolute Gasteiger partial charge is 0.324 e. The Hall–Kier alpha value is -3.29. The maximum absolute atomic E-state index is 14.4. The molecule has 1 heterocycles. The van der Waals surface area contributed by atoms with Gasteiger partial charge in [-0.15, -0.1) is 0 Å². The van der Waals surface area contributed by atoms with Crippen molar-refractivity contribution in [3.63, 3.8) is 0 Å². The summed E-state index contributed by atoms with van der Waals surface area (Å²) in [6.07, 6.45) is 4.85. The Labute approximate surface area is 190 Å². The van der Waals surface area contributed by atoms with Gasteiger partial charge in [-0.2, -0.15) is 0 Å². The van der Waals surface area contributed by atoms with Gasteiger partial charge in [0.15, 0.2) is 0 Å².